The molecule has 0 radical (unpaired) electrons. The lowest BCUT2D eigenvalue weighted by molar-refractivity contribution is -0.115. The second-order valence-corrected chi connectivity index (χ2v) is 6.94. The van der Waals surface area contributed by atoms with Crippen LogP contribution in [0.4, 0.5) is 11.6 Å². The highest BCUT2D eigenvalue weighted by atomic mass is 32.2. The Morgan fingerprint density at radius 3 is 2.71 bits per heavy atom. The highest BCUT2D eigenvalue weighted by Crippen LogP contribution is 2.20. The summed E-state index contributed by atoms with van der Waals surface area (Å²) in [6, 6.07) is 12.0. The molecule has 1 N–H and O–H groups in total. The minimum atomic E-state index is -0.0123. The molecule has 1 saturated heterocycles. The Hall–Kier alpha value is -2.08. The predicted octanol–water partition coefficient (Wildman–Crippen LogP) is 3.59. The smallest absolute Gasteiger partial charge is 0.226 e. The van der Waals surface area contributed by atoms with Crippen molar-refractivity contribution in [3.8, 4) is 0 Å². The zero-order chi connectivity index (χ0) is 16.6. The van der Waals surface area contributed by atoms with Gasteiger partial charge in [0, 0.05) is 36.2 Å². The molecule has 3 rings (SSSR count). The Balaban J connectivity index is 1.49. The van der Waals surface area contributed by atoms with Crippen LogP contribution in [0, 0.1) is 0 Å². The first-order chi connectivity index (χ1) is 11.8. The number of aromatic nitrogens is 2. The normalized spacial score (nSPS) is 14.4. The highest BCUT2D eigenvalue weighted by molar-refractivity contribution is 7.99. The van der Waals surface area contributed by atoms with Crippen LogP contribution in [0.2, 0.25) is 0 Å². The molecule has 0 unspecified atom stereocenters. The third kappa shape index (κ3) is 4.96. The first kappa shape index (κ1) is 16.8. The molecular formula is C18H22N4OS. The highest BCUT2D eigenvalue weighted by Gasteiger charge is 2.13. The van der Waals surface area contributed by atoms with Crippen molar-refractivity contribution in [1.29, 1.82) is 0 Å². The Kier molecular flexibility index (Phi) is 6.07. The van der Waals surface area contributed by atoms with Crippen LogP contribution in [0.3, 0.4) is 0 Å². The summed E-state index contributed by atoms with van der Waals surface area (Å²) in [7, 11) is 0. The number of thioether (sulfide) groups is 1. The van der Waals surface area contributed by atoms with Crippen molar-refractivity contribution >= 4 is 29.3 Å². The van der Waals surface area contributed by atoms with Gasteiger partial charge in [-0.25, -0.2) is 9.97 Å². The van der Waals surface area contributed by atoms with Crippen LogP contribution in [0.5, 0.6) is 0 Å². The van der Waals surface area contributed by atoms with Crippen molar-refractivity contribution in [2.45, 2.75) is 30.6 Å². The number of hydrogen-bond acceptors (Lipinski definition) is 5. The molecule has 2 aromatic rings. The minimum absolute atomic E-state index is 0.0123. The summed E-state index contributed by atoms with van der Waals surface area (Å²) in [6.07, 6.45) is 5.66. The summed E-state index contributed by atoms with van der Waals surface area (Å²) in [5, 5.41) is 2.88. The Morgan fingerprint density at radius 2 is 1.92 bits per heavy atom. The van der Waals surface area contributed by atoms with Gasteiger partial charge in [0.1, 0.15) is 18.0 Å². The maximum atomic E-state index is 12.1. The first-order valence-corrected chi connectivity index (χ1v) is 9.34. The van der Waals surface area contributed by atoms with Gasteiger partial charge in [-0.15, -0.1) is 11.8 Å². The molecule has 126 valence electrons. The topological polar surface area (TPSA) is 58.1 Å². The summed E-state index contributed by atoms with van der Waals surface area (Å²) < 4.78 is 0. The SMILES string of the molecule is O=C(CCSc1ccccc1)Nc1cc(N2CCCCC2)ncn1. The average molecular weight is 342 g/mol. The van der Waals surface area contributed by atoms with E-state index in [-0.39, 0.29) is 5.91 Å². The molecule has 1 aliphatic heterocycles. The second kappa shape index (κ2) is 8.68. The maximum Gasteiger partial charge on any atom is 0.226 e. The van der Waals surface area contributed by atoms with Gasteiger partial charge >= 0.3 is 0 Å². The van der Waals surface area contributed by atoms with E-state index in [1.54, 1.807) is 11.8 Å². The standard InChI is InChI=1S/C18H22N4OS/c23-18(9-12-24-15-7-3-1-4-8-15)21-16-13-17(20-14-19-16)22-10-5-2-6-11-22/h1,3-4,7-8,13-14H,2,5-6,9-12H2,(H,19,20,21,23). The number of piperidine rings is 1. The van der Waals surface area contributed by atoms with Gasteiger partial charge < -0.3 is 10.2 Å². The zero-order valence-electron chi connectivity index (χ0n) is 13.6. The summed E-state index contributed by atoms with van der Waals surface area (Å²) in [5.74, 6) is 2.22. The molecule has 24 heavy (non-hydrogen) atoms. The van der Waals surface area contributed by atoms with Gasteiger partial charge in [0.25, 0.3) is 0 Å². The summed E-state index contributed by atoms with van der Waals surface area (Å²) in [5.41, 5.74) is 0. The lowest BCUT2D eigenvalue weighted by Crippen LogP contribution is -2.30. The van der Waals surface area contributed by atoms with Crippen molar-refractivity contribution in [3.05, 3.63) is 42.7 Å². The van der Waals surface area contributed by atoms with E-state index < -0.39 is 0 Å². The molecule has 0 bridgehead atoms. The van der Waals surface area contributed by atoms with Crippen molar-refractivity contribution in [2.75, 3.05) is 29.1 Å². The molecule has 0 spiro atoms. The zero-order valence-corrected chi connectivity index (χ0v) is 14.5. The lowest BCUT2D eigenvalue weighted by Gasteiger charge is -2.27. The fourth-order valence-electron chi connectivity index (χ4n) is 2.69. The molecule has 5 nitrogen and oxygen atoms in total. The van der Waals surface area contributed by atoms with E-state index in [0.29, 0.717) is 12.2 Å². The van der Waals surface area contributed by atoms with Crippen LogP contribution in [0.25, 0.3) is 0 Å². The number of nitrogens with zero attached hydrogens (tertiary/aromatic N) is 3. The maximum absolute atomic E-state index is 12.1. The van der Waals surface area contributed by atoms with Crippen LogP contribution in [0.1, 0.15) is 25.7 Å². The lowest BCUT2D eigenvalue weighted by atomic mass is 10.1. The molecule has 1 aromatic carbocycles. The Morgan fingerprint density at radius 1 is 1.12 bits per heavy atom. The summed E-state index contributed by atoms with van der Waals surface area (Å²) in [6.45, 7) is 2.05. The van der Waals surface area contributed by atoms with Crippen LogP contribution < -0.4 is 10.2 Å². The number of hydrogen-bond donors (Lipinski definition) is 1. The molecule has 1 amide bonds. The van der Waals surface area contributed by atoms with Crippen LogP contribution in [0.15, 0.2) is 47.6 Å². The average Bonchev–Trinajstić information content (AvgIpc) is 2.63. The van der Waals surface area contributed by atoms with Crippen molar-refractivity contribution in [1.82, 2.24) is 9.97 Å². The third-order valence-electron chi connectivity index (χ3n) is 3.94. The summed E-state index contributed by atoms with van der Waals surface area (Å²) in [4.78, 5) is 24.0. The monoisotopic (exact) mass is 342 g/mol. The minimum Gasteiger partial charge on any atom is -0.356 e. The molecule has 1 aliphatic rings. The number of rotatable bonds is 6. The van der Waals surface area contributed by atoms with E-state index >= 15 is 0 Å². The van der Waals surface area contributed by atoms with Gasteiger partial charge in [-0.3, -0.25) is 4.79 Å². The fourth-order valence-corrected chi connectivity index (χ4v) is 3.57. The Labute approximate surface area is 146 Å². The van der Waals surface area contributed by atoms with Crippen molar-refractivity contribution in [2.24, 2.45) is 0 Å². The molecule has 6 heteroatoms. The largest absolute Gasteiger partial charge is 0.356 e. The van der Waals surface area contributed by atoms with E-state index in [9.17, 15) is 4.79 Å². The molecule has 2 heterocycles. The van der Waals surface area contributed by atoms with E-state index in [1.165, 1.54) is 30.5 Å². The molecule has 1 fully saturated rings. The van der Waals surface area contributed by atoms with E-state index in [4.69, 9.17) is 0 Å². The fraction of sp³-hybridized carbons (Fsp3) is 0.389. The van der Waals surface area contributed by atoms with Crippen LogP contribution in [-0.2, 0) is 4.79 Å². The summed E-state index contributed by atoms with van der Waals surface area (Å²) >= 11 is 1.68. The van der Waals surface area contributed by atoms with Crippen LogP contribution >= 0.6 is 11.8 Å². The van der Waals surface area contributed by atoms with Gasteiger partial charge in [0.15, 0.2) is 0 Å². The number of carbonyl (C=O) groups is 1. The van der Waals surface area contributed by atoms with Crippen LogP contribution in [-0.4, -0.2) is 34.7 Å². The first-order valence-electron chi connectivity index (χ1n) is 8.36. The van der Waals surface area contributed by atoms with Gasteiger partial charge in [0.2, 0.25) is 5.91 Å². The third-order valence-corrected chi connectivity index (χ3v) is 4.95. The number of anilines is 2. The molecule has 1 aromatic heterocycles. The second-order valence-electron chi connectivity index (χ2n) is 5.77. The van der Waals surface area contributed by atoms with Crippen molar-refractivity contribution in [3.63, 3.8) is 0 Å². The predicted molar refractivity (Wildman–Crippen MR) is 98.5 cm³/mol. The van der Waals surface area contributed by atoms with Gasteiger partial charge in [-0.2, -0.15) is 0 Å². The quantitative estimate of drug-likeness (QED) is 0.813. The van der Waals surface area contributed by atoms with Crippen molar-refractivity contribution < 1.29 is 4.79 Å². The molecular weight excluding hydrogens is 320 g/mol. The number of amides is 1. The molecule has 0 atom stereocenters. The molecule has 0 saturated carbocycles. The Bertz CT molecular complexity index is 659. The van der Waals surface area contributed by atoms with Gasteiger partial charge in [-0.05, 0) is 31.4 Å². The van der Waals surface area contributed by atoms with E-state index in [1.807, 2.05) is 24.3 Å². The number of carbonyl (C=O) groups excluding carboxylic acids is 1. The van der Waals surface area contributed by atoms with E-state index in [0.717, 1.165) is 24.7 Å². The number of benzene rings is 1. The van der Waals surface area contributed by atoms with Gasteiger partial charge in [0.05, 0.1) is 0 Å². The van der Waals surface area contributed by atoms with E-state index in [2.05, 4.69) is 32.3 Å². The van der Waals surface area contributed by atoms with Gasteiger partial charge in [-0.1, -0.05) is 18.2 Å². The number of nitrogens with one attached hydrogen (secondary N) is 1. The molecule has 0 aliphatic carbocycles.